The van der Waals surface area contributed by atoms with Crippen LogP contribution in [-0.2, 0) is 6.18 Å². The van der Waals surface area contributed by atoms with Crippen LogP contribution in [0.5, 0.6) is 0 Å². The number of aromatic amines is 1. The third-order valence-corrected chi connectivity index (χ3v) is 2.22. The van der Waals surface area contributed by atoms with Gasteiger partial charge >= 0.3 is 6.18 Å². The van der Waals surface area contributed by atoms with Crippen molar-refractivity contribution < 1.29 is 13.2 Å². The Labute approximate surface area is 100 Å². The maximum atomic E-state index is 12.6. The molecule has 96 valence electrons. The first-order chi connectivity index (χ1) is 8.36. The van der Waals surface area contributed by atoms with Gasteiger partial charge in [-0.1, -0.05) is 0 Å². The number of alkyl halides is 3. The van der Waals surface area contributed by atoms with Crippen molar-refractivity contribution in [2.45, 2.75) is 20.0 Å². The van der Waals surface area contributed by atoms with Crippen molar-refractivity contribution in [2.75, 3.05) is 5.32 Å². The SMILES string of the molecule is Cc1cc(C(F)(F)F)nc(Nc2cn[nH]c2C)n1. The van der Waals surface area contributed by atoms with Crippen LogP contribution in [0.4, 0.5) is 24.8 Å². The van der Waals surface area contributed by atoms with Gasteiger partial charge in [-0.15, -0.1) is 0 Å². The molecular weight excluding hydrogens is 247 g/mol. The fraction of sp³-hybridized carbons (Fsp3) is 0.300. The topological polar surface area (TPSA) is 66.5 Å². The van der Waals surface area contributed by atoms with Crippen molar-refractivity contribution >= 4 is 11.6 Å². The van der Waals surface area contributed by atoms with Gasteiger partial charge < -0.3 is 5.32 Å². The molecule has 2 N–H and O–H groups in total. The molecule has 0 aliphatic heterocycles. The standard InChI is InChI=1S/C10H10F3N5/c1-5-3-8(10(11,12)13)17-9(15-5)16-7-4-14-18-6(7)2/h3-4H,1-2H3,(H,14,18)(H,15,16,17). The largest absolute Gasteiger partial charge is 0.433 e. The van der Waals surface area contributed by atoms with Gasteiger partial charge in [0.1, 0.15) is 5.69 Å². The molecule has 0 atom stereocenters. The molecule has 0 saturated heterocycles. The highest BCUT2D eigenvalue weighted by molar-refractivity contribution is 5.54. The Hall–Kier alpha value is -2.12. The number of aromatic nitrogens is 4. The summed E-state index contributed by atoms with van der Waals surface area (Å²) in [5, 5.41) is 9.09. The summed E-state index contributed by atoms with van der Waals surface area (Å²) < 4.78 is 37.7. The van der Waals surface area contributed by atoms with Crippen LogP contribution in [0.3, 0.4) is 0 Å². The van der Waals surface area contributed by atoms with E-state index in [-0.39, 0.29) is 11.6 Å². The lowest BCUT2D eigenvalue weighted by molar-refractivity contribution is -0.141. The Bertz CT molecular complexity index is 561. The van der Waals surface area contributed by atoms with Crippen LogP contribution in [0.15, 0.2) is 12.3 Å². The number of rotatable bonds is 2. The summed E-state index contributed by atoms with van der Waals surface area (Å²) in [4.78, 5) is 7.33. The summed E-state index contributed by atoms with van der Waals surface area (Å²) in [6, 6.07) is 0.896. The second-order valence-corrected chi connectivity index (χ2v) is 3.75. The third-order valence-electron chi connectivity index (χ3n) is 2.22. The molecule has 0 bridgehead atoms. The van der Waals surface area contributed by atoms with E-state index in [4.69, 9.17) is 0 Å². The van der Waals surface area contributed by atoms with Crippen molar-refractivity contribution in [2.24, 2.45) is 0 Å². The number of anilines is 2. The maximum absolute atomic E-state index is 12.6. The summed E-state index contributed by atoms with van der Waals surface area (Å²) in [5.74, 6) is -0.105. The third kappa shape index (κ3) is 2.58. The second kappa shape index (κ2) is 4.28. The van der Waals surface area contributed by atoms with Crippen LogP contribution >= 0.6 is 0 Å². The molecule has 0 aliphatic rings. The van der Waals surface area contributed by atoms with Crippen LogP contribution in [0.1, 0.15) is 17.1 Å². The first kappa shape index (κ1) is 12.3. The minimum Gasteiger partial charge on any atom is -0.321 e. The Morgan fingerprint density at radius 2 is 1.94 bits per heavy atom. The lowest BCUT2D eigenvalue weighted by atomic mass is 10.3. The zero-order valence-corrected chi connectivity index (χ0v) is 9.63. The monoisotopic (exact) mass is 257 g/mol. The number of nitrogens with one attached hydrogen (secondary N) is 2. The average Bonchev–Trinajstić information content (AvgIpc) is 2.62. The molecule has 2 aromatic rings. The van der Waals surface area contributed by atoms with E-state index in [1.54, 1.807) is 6.92 Å². The van der Waals surface area contributed by atoms with Crippen molar-refractivity contribution in [3.05, 3.63) is 29.3 Å². The smallest absolute Gasteiger partial charge is 0.321 e. The molecule has 0 spiro atoms. The van der Waals surface area contributed by atoms with E-state index in [1.807, 2.05) is 0 Å². The molecule has 2 aromatic heterocycles. The summed E-state index contributed by atoms with van der Waals surface area (Å²) in [5.41, 5.74) is 0.488. The number of hydrogen-bond acceptors (Lipinski definition) is 4. The van der Waals surface area contributed by atoms with Gasteiger partial charge in [0.2, 0.25) is 5.95 Å². The van der Waals surface area contributed by atoms with Crippen molar-refractivity contribution in [1.82, 2.24) is 20.2 Å². The number of aryl methyl sites for hydroxylation is 2. The molecule has 0 unspecified atom stereocenters. The molecule has 5 nitrogen and oxygen atoms in total. The van der Waals surface area contributed by atoms with Crippen LogP contribution in [0, 0.1) is 13.8 Å². The fourth-order valence-electron chi connectivity index (χ4n) is 1.37. The number of nitrogens with zero attached hydrogens (tertiary/aromatic N) is 3. The molecule has 0 amide bonds. The zero-order valence-electron chi connectivity index (χ0n) is 9.63. The lowest BCUT2D eigenvalue weighted by Crippen LogP contribution is -2.11. The van der Waals surface area contributed by atoms with Gasteiger partial charge in [0, 0.05) is 5.69 Å². The predicted octanol–water partition coefficient (Wildman–Crippen LogP) is 2.58. The molecule has 8 heteroatoms. The fourth-order valence-corrected chi connectivity index (χ4v) is 1.37. The molecular formula is C10H10F3N5. The molecule has 0 fully saturated rings. The summed E-state index contributed by atoms with van der Waals surface area (Å²) >= 11 is 0. The van der Waals surface area contributed by atoms with Gasteiger partial charge in [-0.3, -0.25) is 5.10 Å². The Morgan fingerprint density at radius 3 is 2.50 bits per heavy atom. The quantitative estimate of drug-likeness (QED) is 0.867. The number of halogens is 3. The number of hydrogen-bond donors (Lipinski definition) is 2. The van der Waals surface area contributed by atoms with Gasteiger partial charge in [-0.25, -0.2) is 9.97 Å². The normalized spacial score (nSPS) is 11.6. The summed E-state index contributed by atoms with van der Waals surface area (Å²) in [6.07, 6.45) is -3.04. The van der Waals surface area contributed by atoms with Crippen LogP contribution in [0.25, 0.3) is 0 Å². The van der Waals surface area contributed by atoms with E-state index < -0.39 is 11.9 Å². The molecule has 0 radical (unpaired) electrons. The van der Waals surface area contributed by atoms with Gasteiger partial charge in [-0.05, 0) is 19.9 Å². The Kier molecular flexibility index (Phi) is 2.93. The van der Waals surface area contributed by atoms with E-state index in [0.717, 1.165) is 6.07 Å². The Balaban J connectivity index is 2.35. The van der Waals surface area contributed by atoms with Crippen molar-refractivity contribution in [3.8, 4) is 0 Å². The highest BCUT2D eigenvalue weighted by Gasteiger charge is 2.33. The van der Waals surface area contributed by atoms with Gasteiger partial charge in [0.25, 0.3) is 0 Å². The van der Waals surface area contributed by atoms with Crippen LogP contribution in [-0.4, -0.2) is 20.2 Å². The van der Waals surface area contributed by atoms with Gasteiger partial charge in [-0.2, -0.15) is 18.3 Å². The molecule has 18 heavy (non-hydrogen) atoms. The van der Waals surface area contributed by atoms with E-state index >= 15 is 0 Å². The van der Waals surface area contributed by atoms with Crippen molar-refractivity contribution in [1.29, 1.82) is 0 Å². The van der Waals surface area contributed by atoms with Gasteiger partial charge in [0.05, 0.1) is 17.6 Å². The molecule has 0 aromatic carbocycles. The van der Waals surface area contributed by atoms with Gasteiger partial charge in [0.15, 0.2) is 0 Å². The lowest BCUT2D eigenvalue weighted by Gasteiger charge is -2.09. The molecule has 2 heterocycles. The van der Waals surface area contributed by atoms with Crippen LogP contribution < -0.4 is 5.32 Å². The van der Waals surface area contributed by atoms with E-state index in [0.29, 0.717) is 11.4 Å². The minimum atomic E-state index is -4.49. The zero-order chi connectivity index (χ0) is 13.3. The highest BCUT2D eigenvalue weighted by atomic mass is 19.4. The Morgan fingerprint density at radius 1 is 1.22 bits per heavy atom. The first-order valence-corrected chi connectivity index (χ1v) is 5.06. The van der Waals surface area contributed by atoms with E-state index in [9.17, 15) is 13.2 Å². The van der Waals surface area contributed by atoms with Crippen molar-refractivity contribution in [3.63, 3.8) is 0 Å². The number of H-pyrrole nitrogens is 1. The highest BCUT2D eigenvalue weighted by Crippen LogP contribution is 2.29. The maximum Gasteiger partial charge on any atom is 0.433 e. The molecule has 2 rings (SSSR count). The first-order valence-electron chi connectivity index (χ1n) is 5.06. The van der Waals surface area contributed by atoms with E-state index in [2.05, 4.69) is 25.5 Å². The van der Waals surface area contributed by atoms with Crippen LogP contribution in [0.2, 0.25) is 0 Å². The van der Waals surface area contributed by atoms with E-state index in [1.165, 1.54) is 13.1 Å². The minimum absolute atomic E-state index is 0.105. The summed E-state index contributed by atoms with van der Waals surface area (Å²) in [6.45, 7) is 3.21. The molecule has 0 saturated carbocycles. The average molecular weight is 257 g/mol. The molecule has 0 aliphatic carbocycles. The second-order valence-electron chi connectivity index (χ2n) is 3.75. The predicted molar refractivity (Wildman–Crippen MR) is 58.4 cm³/mol. The summed E-state index contributed by atoms with van der Waals surface area (Å²) in [7, 11) is 0.